The van der Waals surface area contributed by atoms with Gasteiger partial charge in [0.05, 0.1) is 5.56 Å². The summed E-state index contributed by atoms with van der Waals surface area (Å²) >= 11 is 0. The predicted molar refractivity (Wildman–Crippen MR) is 70.1 cm³/mol. The lowest BCUT2D eigenvalue weighted by atomic mass is 10.2. The first kappa shape index (κ1) is 13.3. The van der Waals surface area contributed by atoms with Crippen LogP contribution in [0.3, 0.4) is 0 Å². The van der Waals surface area contributed by atoms with Crippen molar-refractivity contribution in [3.8, 4) is 6.19 Å². The highest BCUT2D eigenvalue weighted by atomic mass is 16.7. The van der Waals surface area contributed by atoms with Gasteiger partial charge in [-0.05, 0) is 24.3 Å². The van der Waals surface area contributed by atoms with E-state index in [9.17, 15) is 9.59 Å². The number of carbonyl (C=O) groups excluding carboxylic acids is 2. The van der Waals surface area contributed by atoms with E-state index in [0.717, 1.165) is 0 Å². The van der Waals surface area contributed by atoms with E-state index < -0.39 is 11.9 Å². The third-order valence-electron chi connectivity index (χ3n) is 2.48. The summed E-state index contributed by atoms with van der Waals surface area (Å²) in [6.45, 7) is 0. The number of benzene rings is 2. The van der Waals surface area contributed by atoms with Gasteiger partial charge in [0.1, 0.15) is 0 Å². The van der Waals surface area contributed by atoms with E-state index in [1.54, 1.807) is 42.6 Å². The Morgan fingerprint density at radius 3 is 1.90 bits per heavy atom. The van der Waals surface area contributed by atoms with E-state index in [1.807, 2.05) is 0 Å². The van der Waals surface area contributed by atoms with E-state index in [-0.39, 0.29) is 11.1 Å². The maximum Gasteiger partial charge on any atom is 0.364 e. The molecule has 20 heavy (non-hydrogen) atoms. The maximum atomic E-state index is 12.0. The second kappa shape index (κ2) is 6.16. The molecule has 0 aromatic heterocycles. The Labute approximate surface area is 115 Å². The van der Waals surface area contributed by atoms with Crippen molar-refractivity contribution >= 4 is 11.9 Å². The van der Waals surface area contributed by atoms with Gasteiger partial charge in [0.15, 0.2) is 0 Å². The average molecular weight is 266 g/mol. The van der Waals surface area contributed by atoms with Crippen LogP contribution in [-0.2, 0) is 4.84 Å². The number of hydrogen-bond acceptors (Lipinski definition) is 4. The first-order valence-corrected chi connectivity index (χ1v) is 5.79. The molecule has 0 aliphatic heterocycles. The van der Waals surface area contributed by atoms with Crippen LogP contribution in [0.2, 0.25) is 0 Å². The minimum atomic E-state index is -0.767. The maximum absolute atomic E-state index is 12.0. The fourth-order valence-electron chi connectivity index (χ4n) is 1.52. The number of carbonyl (C=O) groups is 2. The summed E-state index contributed by atoms with van der Waals surface area (Å²) in [5, 5.41) is 9.30. The summed E-state index contributed by atoms with van der Waals surface area (Å²) in [4.78, 5) is 28.5. The Balaban J connectivity index is 2.13. The van der Waals surface area contributed by atoms with Gasteiger partial charge in [-0.3, -0.25) is 4.79 Å². The molecule has 2 aromatic carbocycles. The molecule has 98 valence electrons. The summed E-state index contributed by atoms with van der Waals surface area (Å²) < 4.78 is 0. The van der Waals surface area contributed by atoms with Crippen molar-refractivity contribution in [2.75, 3.05) is 0 Å². The molecule has 0 aliphatic rings. The predicted octanol–water partition coefficient (Wildman–Crippen LogP) is 2.38. The highest BCUT2D eigenvalue weighted by Gasteiger charge is 2.21. The SMILES string of the molecule is N#CN(OC(=O)c1ccccc1)C(=O)c1ccccc1. The second-order valence-corrected chi connectivity index (χ2v) is 3.81. The molecule has 1 amide bonds. The van der Waals surface area contributed by atoms with Crippen LogP contribution < -0.4 is 0 Å². The Hall–Kier alpha value is -3.13. The van der Waals surface area contributed by atoms with Crippen molar-refractivity contribution in [1.29, 1.82) is 5.26 Å². The van der Waals surface area contributed by atoms with Gasteiger partial charge < -0.3 is 4.84 Å². The summed E-state index contributed by atoms with van der Waals surface area (Å²) in [7, 11) is 0. The number of amides is 1. The second-order valence-electron chi connectivity index (χ2n) is 3.81. The van der Waals surface area contributed by atoms with Crippen LogP contribution in [0.25, 0.3) is 0 Å². The van der Waals surface area contributed by atoms with E-state index in [2.05, 4.69) is 0 Å². The molecule has 2 rings (SSSR count). The molecule has 0 saturated heterocycles. The summed E-state index contributed by atoms with van der Waals surface area (Å²) in [6.07, 6.45) is 1.54. The van der Waals surface area contributed by atoms with Gasteiger partial charge in [-0.15, -0.1) is 0 Å². The number of nitriles is 1. The highest BCUT2D eigenvalue weighted by molar-refractivity contribution is 5.96. The number of rotatable bonds is 2. The molecule has 0 aliphatic carbocycles. The first-order chi connectivity index (χ1) is 9.72. The standard InChI is InChI=1S/C15H10N2O3/c16-11-17(14(18)12-7-3-1-4-8-12)20-15(19)13-9-5-2-6-10-13/h1-10H. The molecule has 0 N–H and O–H groups in total. The van der Waals surface area contributed by atoms with Crippen LogP contribution in [0.1, 0.15) is 20.7 Å². The van der Waals surface area contributed by atoms with Crippen LogP contribution in [0, 0.1) is 11.5 Å². The van der Waals surface area contributed by atoms with E-state index in [0.29, 0.717) is 5.06 Å². The molecule has 5 nitrogen and oxygen atoms in total. The Morgan fingerprint density at radius 1 is 0.900 bits per heavy atom. The van der Waals surface area contributed by atoms with Crippen LogP contribution in [0.5, 0.6) is 0 Å². The Bertz CT molecular complexity index is 648. The van der Waals surface area contributed by atoms with Gasteiger partial charge in [0.2, 0.25) is 6.19 Å². The highest BCUT2D eigenvalue weighted by Crippen LogP contribution is 2.08. The van der Waals surface area contributed by atoms with Crippen LogP contribution in [-0.4, -0.2) is 16.9 Å². The average Bonchev–Trinajstić information content (AvgIpc) is 2.53. The van der Waals surface area contributed by atoms with Crippen LogP contribution in [0.15, 0.2) is 60.7 Å². The van der Waals surface area contributed by atoms with Crippen molar-refractivity contribution in [3.63, 3.8) is 0 Å². The zero-order chi connectivity index (χ0) is 14.4. The van der Waals surface area contributed by atoms with E-state index in [1.165, 1.54) is 24.3 Å². The fraction of sp³-hybridized carbons (Fsp3) is 0. The molecule has 0 atom stereocenters. The largest absolute Gasteiger partial charge is 0.364 e. The third kappa shape index (κ3) is 3.00. The lowest BCUT2D eigenvalue weighted by Gasteiger charge is -2.12. The molecule has 0 bridgehead atoms. The molecule has 0 unspecified atom stereocenters. The van der Waals surface area contributed by atoms with E-state index in [4.69, 9.17) is 10.1 Å². The Kier molecular flexibility index (Phi) is 4.10. The van der Waals surface area contributed by atoms with E-state index >= 15 is 0 Å². The fourth-order valence-corrected chi connectivity index (χ4v) is 1.52. The van der Waals surface area contributed by atoms with Gasteiger partial charge in [-0.2, -0.15) is 5.26 Å². The van der Waals surface area contributed by atoms with Gasteiger partial charge in [-0.1, -0.05) is 41.5 Å². The van der Waals surface area contributed by atoms with Gasteiger partial charge in [0, 0.05) is 5.56 Å². The van der Waals surface area contributed by atoms with Crippen molar-refractivity contribution < 1.29 is 14.4 Å². The van der Waals surface area contributed by atoms with Gasteiger partial charge in [0.25, 0.3) is 0 Å². The molecule has 0 saturated carbocycles. The quantitative estimate of drug-likeness (QED) is 0.475. The minimum absolute atomic E-state index is 0.258. The van der Waals surface area contributed by atoms with Crippen molar-refractivity contribution in [2.45, 2.75) is 0 Å². The monoisotopic (exact) mass is 266 g/mol. The zero-order valence-corrected chi connectivity index (χ0v) is 10.4. The topological polar surface area (TPSA) is 70.4 Å². The molecular formula is C15H10N2O3. The van der Waals surface area contributed by atoms with Gasteiger partial charge in [-0.25, -0.2) is 4.79 Å². The third-order valence-corrected chi connectivity index (χ3v) is 2.48. The molecule has 0 heterocycles. The number of hydroxylamine groups is 2. The molecule has 0 radical (unpaired) electrons. The normalized spacial score (nSPS) is 9.35. The van der Waals surface area contributed by atoms with Crippen molar-refractivity contribution in [2.24, 2.45) is 0 Å². The number of hydrogen-bond donors (Lipinski definition) is 0. The minimum Gasteiger partial charge on any atom is -0.318 e. The molecule has 5 heteroatoms. The van der Waals surface area contributed by atoms with Crippen molar-refractivity contribution in [3.05, 3.63) is 71.8 Å². The molecule has 0 fully saturated rings. The summed E-state index contributed by atoms with van der Waals surface area (Å²) in [5.41, 5.74) is 0.517. The van der Waals surface area contributed by atoms with Crippen molar-refractivity contribution in [1.82, 2.24) is 5.06 Å². The lowest BCUT2D eigenvalue weighted by Crippen LogP contribution is -2.29. The lowest BCUT2D eigenvalue weighted by molar-refractivity contribution is -0.0475. The smallest absolute Gasteiger partial charge is 0.318 e. The summed E-state index contributed by atoms with van der Waals surface area (Å²) in [5.74, 6) is -1.46. The zero-order valence-electron chi connectivity index (χ0n) is 10.4. The molecule has 0 spiro atoms. The van der Waals surface area contributed by atoms with Crippen LogP contribution >= 0.6 is 0 Å². The molecule has 2 aromatic rings. The van der Waals surface area contributed by atoms with Gasteiger partial charge >= 0.3 is 11.9 Å². The summed E-state index contributed by atoms with van der Waals surface area (Å²) in [6, 6.07) is 16.2. The first-order valence-electron chi connectivity index (χ1n) is 5.79. The number of nitrogens with zero attached hydrogens (tertiary/aromatic N) is 2. The Morgan fingerprint density at radius 2 is 1.40 bits per heavy atom. The molecular weight excluding hydrogens is 256 g/mol. The van der Waals surface area contributed by atoms with Crippen LogP contribution in [0.4, 0.5) is 0 Å².